The van der Waals surface area contributed by atoms with Gasteiger partial charge in [-0.2, -0.15) is 0 Å². The predicted molar refractivity (Wildman–Crippen MR) is 87.2 cm³/mol. The second-order valence-electron chi connectivity index (χ2n) is 6.06. The van der Waals surface area contributed by atoms with Crippen molar-refractivity contribution in [2.75, 3.05) is 11.6 Å². The van der Waals surface area contributed by atoms with Crippen LogP contribution in [0.4, 0.5) is 6.01 Å². The van der Waals surface area contributed by atoms with Crippen molar-refractivity contribution in [3.63, 3.8) is 0 Å². The van der Waals surface area contributed by atoms with E-state index in [0.717, 1.165) is 31.2 Å². The van der Waals surface area contributed by atoms with Gasteiger partial charge in [0.25, 0.3) is 0 Å². The highest BCUT2D eigenvalue weighted by molar-refractivity contribution is 7.90. The Morgan fingerprint density at radius 2 is 1.88 bits per heavy atom. The number of nitrogens with zero attached hydrogens (tertiary/aromatic N) is 2. The maximum absolute atomic E-state index is 12.0. The molecule has 8 heteroatoms. The van der Waals surface area contributed by atoms with E-state index in [1.54, 1.807) is 24.3 Å². The lowest BCUT2D eigenvalue weighted by Gasteiger charge is -2.06. The van der Waals surface area contributed by atoms with Crippen molar-refractivity contribution in [3.8, 4) is 0 Å². The summed E-state index contributed by atoms with van der Waals surface area (Å²) in [6.45, 7) is 0. The molecule has 1 N–H and O–H groups in total. The third-order valence-electron chi connectivity index (χ3n) is 4.13. The number of sulfone groups is 1. The molecule has 7 nitrogen and oxygen atoms in total. The number of rotatable bonds is 5. The van der Waals surface area contributed by atoms with Gasteiger partial charge in [0.05, 0.1) is 11.3 Å². The monoisotopic (exact) mass is 349 g/mol. The van der Waals surface area contributed by atoms with Crippen LogP contribution in [0.1, 0.15) is 37.1 Å². The van der Waals surface area contributed by atoms with Crippen LogP contribution in [-0.2, 0) is 21.1 Å². The highest BCUT2D eigenvalue weighted by Gasteiger charge is 2.24. The molecule has 1 aromatic carbocycles. The SMILES string of the molecule is CS(=O)(=O)c1ccc(Cc2nnc(NC(=O)C3CCCC3)o2)cc1. The minimum Gasteiger partial charge on any atom is -0.407 e. The van der Waals surface area contributed by atoms with Gasteiger partial charge in [-0.25, -0.2) is 8.42 Å². The molecule has 0 spiro atoms. The van der Waals surface area contributed by atoms with Gasteiger partial charge in [-0.15, -0.1) is 5.10 Å². The Balaban J connectivity index is 1.62. The largest absolute Gasteiger partial charge is 0.407 e. The molecule has 1 fully saturated rings. The first-order valence-corrected chi connectivity index (χ1v) is 9.73. The van der Waals surface area contributed by atoms with E-state index in [0.29, 0.717) is 12.3 Å². The molecule has 1 aliphatic rings. The van der Waals surface area contributed by atoms with Gasteiger partial charge in [0, 0.05) is 12.2 Å². The first kappa shape index (κ1) is 16.6. The molecule has 0 unspecified atom stereocenters. The predicted octanol–water partition coefficient (Wildman–Crippen LogP) is 2.19. The highest BCUT2D eigenvalue weighted by atomic mass is 32.2. The van der Waals surface area contributed by atoms with Gasteiger partial charge in [-0.3, -0.25) is 10.1 Å². The Bertz CT molecular complexity index is 821. The van der Waals surface area contributed by atoms with Crippen LogP contribution >= 0.6 is 0 Å². The van der Waals surface area contributed by atoms with Gasteiger partial charge in [-0.1, -0.05) is 30.1 Å². The number of anilines is 1. The number of amides is 1. The lowest BCUT2D eigenvalue weighted by atomic mass is 10.1. The third-order valence-corrected chi connectivity index (χ3v) is 5.26. The normalized spacial score (nSPS) is 15.5. The van der Waals surface area contributed by atoms with Crippen LogP contribution in [0.25, 0.3) is 0 Å². The average Bonchev–Trinajstić information content (AvgIpc) is 3.19. The second kappa shape index (κ2) is 6.72. The van der Waals surface area contributed by atoms with Crippen molar-refractivity contribution in [2.24, 2.45) is 5.92 Å². The summed E-state index contributed by atoms with van der Waals surface area (Å²) >= 11 is 0. The van der Waals surface area contributed by atoms with Crippen LogP contribution < -0.4 is 5.32 Å². The molecule has 2 aromatic rings. The quantitative estimate of drug-likeness (QED) is 0.888. The van der Waals surface area contributed by atoms with E-state index >= 15 is 0 Å². The Labute approximate surface area is 140 Å². The van der Waals surface area contributed by atoms with Crippen molar-refractivity contribution in [1.29, 1.82) is 0 Å². The van der Waals surface area contributed by atoms with E-state index < -0.39 is 9.84 Å². The van der Waals surface area contributed by atoms with Crippen LogP contribution in [0.3, 0.4) is 0 Å². The molecule has 1 amide bonds. The summed E-state index contributed by atoms with van der Waals surface area (Å²) in [4.78, 5) is 12.3. The fourth-order valence-electron chi connectivity index (χ4n) is 2.80. The molecule has 1 saturated carbocycles. The standard InChI is InChI=1S/C16H19N3O4S/c1-24(21,22)13-8-6-11(7-9-13)10-14-18-19-16(23-14)17-15(20)12-4-2-3-5-12/h6-9,12H,2-5,10H2,1H3,(H,17,19,20). The molecular weight excluding hydrogens is 330 g/mol. The summed E-state index contributed by atoms with van der Waals surface area (Å²) in [5, 5.41) is 10.4. The number of nitrogens with one attached hydrogen (secondary N) is 1. The Morgan fingerprint density at radius 1 is 1.21 bits per heavy atom. The first-order valence-electron chi connectivity index (χ1n) is 7.84. The molecule has 128 valence electrons. The molecule has 0 atom stereocenters. The molecule has 24 heavy (non-hydrogen) atoms. The van der Waals surface area contributed by atoms with Gasteiger partial charge in [0.15, 0.2) is 9.84 Å². The zero-order chi connectivity index (χ0) is 17.2. The lowest BCUT2D eigenvalue weighted by Crippen LogP contribution is -2.20. The fourth-order valence-corrected chi connectivity index (χ4v) is 3.43. The van der Waals surface area contributed by atoms with Crippen LogP contribution in [-0.4, -0.2) is 30.8 Å². The van der Waals surface area contributed by atoms with E-state index in [4.69, 9.17) is 4.42 Å². The molecular formula is C16H19N3O4S. The molecule has 3 rings (SSSR count). The zero-order valence-electron chi connectivity index (χ0n) is 13.4. The number of carbonyl (C=O) groups excluding carboxylic acids is 1. The number of aromatic nitrogens is 2. The van der Waals surface area contributed by atoms with Crippen molar-refractivity contribution in [3.05, 3.63) is 35.7 Å². The van der Waals surface area contributed by atoms with E-state index in [-0.39, 0.29) is 22.7 Å². The fraction of sp³-hybridized carbons (Fsp3) is 0.438. The average molecular weight is 349 g/mol. The molecule has 1 aromatic heterocycles. The maximum Gasteiger partial charge on any atom is 0.322 e. The molecule has 0 bridgehead atoms. The van der Waals surface area contributed by atoms with Crippen LogP contribution in [0, 0.1) is 5.92 Å². The van der Waals surface area contributed by atoms with E-state index in [2.05, 4.69) is 15.5 Å². The molecule has 0 radical (unpaired) electrons. The van der Waals surface area contributed by atoms with Gasteiger partial charge in [-0.05, 0) is 30.5 Å². The van der Waals surface area contributed by atoms with Crippen molar-refractivity contribution < 1.29 is 17.6 Å². The summed E-state index contributed by atoms with van der Waals surface area (Å²) in [6.07, 6.45) is 5.50. The Kier molecular flexibility index (Phi) is 4.66. The number of hydrogen-bond donors (Lipinski definition) is 1. The summed E-state index contributed by atoms with van der Waals surface area (Å²) in [6, 6.07) is 6.61. The number of benzene rings is 1. The zero-order valence-corrected chi connectivity index (χ0v) is 14.2. The lowest BCUT2D eigenvalue weighted by molar-refractivity contribution is -0.119. The topological polar surface area (TPSA) is 102 Å². The Morgan fingerprint density at radius 3 is 2.50 bits per heavy atom. The van der Waals surface area contributed by atoms with Gasteiger partial charge < -0.3 is 4.42 Å². The Hall–Kier alpha value is -2.22. The van der Waals surface area contributed by atoms with E-state index in [1.165, 1.54) is 6.26 Å². The summed E-state index contributed by atoms with van der Waals surface area (Å²) in [5.74, 6) is 0.327. The molecule has 1 heterocycles. The smallest absolute Gasteiger partial charge is 0.322 e. The van der Waals surface area contributed by atoms with Crippen molar-refractivity contribution in [2.45, 2.75) is 37.0 Å². The number of hydrogen-bond acceptors (Lipinski definition) is 6. The maximum atomic E-state index is 12.0. The van der Waals surface area contributed by atoms with Gasteiger partial charge >= 0.3 is 6.01 Å². The summed E-state index contributed by atoms with van der Waals surface area (Å²) in [7, 11) is -3.21. The van der Waals surface area contributed by atoms with Crippen LogP contribution in [0.2, 0.25) is 0 Å². The van der Waals surface area contributed by atoms with Gasteiger partial charge in [0.2, 0.25) is 11.8 Å². The third kappa shape index (κ3) is 4.00. The molecule has 0 aliphatic heterocycles. The van der Waals surface area contributed by atoms with E-state index in [1.807, 2.05) is 0 Å². The summed E-state index contributed by atoms with van der Waals surface area (Å²) in [5.41, 5.74) is 0.847. The minimum absolute atomic E-state index is 0.0314. The van der Waals surface area contributed by atoms with Crippen LogP contribution in [0.15, 0.2) is 33.6 Å². The first-order chi connectivity index (χ1) is 11.4. The summed E-state index contributed by atoms with van der Waals surface area (Å²) < 4.78 is 28.3. The highest BCUT2D eigenvalue weighted by Crippen LogP contribution is 2.25. The van der Waals surface area contributed by atoms with Crippen LogP contribution in [0.5, 0.6) is 0 Å². The van der Waals surface area contributed by atoms with Gasteiger partial charge in [0.1, 0.15) is 0 Å². The van der Waals surface area contributed by atoms with Crippen molar-refractivity contribution >= 4 is 21.8 Å². The molecule has 0 saturated heterocycles. The van der Waals surface area contributed by atoms with Crippen molar-refractivity contribution in [1.82, 2.24) is 10.2 Å². The minimum atomic E-state index is -3.21. The number of carbonyl (C=O) groups is 1. The second-order valence-corrected chi connectivity index (χ2v) is 8.08. The molecule has 1 aliphatic carbocycles. The van der Waals surface area contributed by atoms with E-state index in [9.17, 15) is 13.2 Å².